The fraction of sp³-hybridized carbons (Fsp3) is 0.167. The molecule has 1 N–H and O–H groups in total. The maximum Gasteiger partial charge on any atom is 0.216 e. The summed E-state index contributed by atoms with van der Waals surface area (Å²) >= 11 is 8.73. The Bertz CT molecular complexity index is 1000. The largest absolute Gasteiger partial charge is 0.493 e. The van der Waals surface area contributed by atoms with Gasteiger partial charge in [0.05, 0.1) is 27.5 Å². The number of nitrogens with zero attached hydrogens (tertiary/aromatic N) is 3. The van der Waals surface area contributed by atoms with E-state index in [0.29, 0.717) is 27.8 Å². The SMILES string of the molecule is COc1cc(/C=N\n2c(-c3ccc(Br)cc3)n[nH]c2=S)cc(OC)c1OC. The molecule has 0 saturated carbocycles. The first-order valence-electron chi connectivity index (χ1n) is 7.85. The van der Waals surface area contributed by atoms with Crippen LogP contribution in [0.3, 0.4) is 0 Å². The van der Waals surface area contributed by atoms with Crippen LogP contribution in [0.4, 0.5) is 0 Å². The lowest BCUT2D eigenvalue weighted by molar-refractivity contribution is 0.324. The number of benzene rings is 2. The molecule has 0 aliphatic heterocycles. The van der Waals surface area contributed by atoms with E-state index in [-0.39, 0.29) is 0 Å². The van der Waals surface area contributed by atoms with Gasteiger partial charge in [0.1, 0.15) is 0 Å². The van der Waals surface area contributed by atoms with Gasteiger partial charge in [-0.1, -0.05) is 28.1 Å². The molecule has 2 aromatic carbocycles. The van der Waals surface area contributed by atoms with Gasteiger partial charge in [0.2, 0.25) is 10.5 Å². The van der Waals surface area contributed by atoms with Crippen LogP contribution in [0.5, 0.6) is 17.2 Å². The molecule has 1 aromatic heterocycles. The lowest BCUT2D eigenvalue weighted by atomic mass is 10.2. The molecule has 0 fully saturated rings. The standard InChI is InChI=1S/C18H17BrN4O3S/c1-24-14-8-11(9-15(25-2)16(14)26-3)10-20-23-17(21-22-18(23)27)12-4-6-13(19)7-5-12/h4-10H,1-3H3,(H,22,27)/b20-10-. The van der Waals surface area contributed by atoms with Crippen LogP contribution >= 0.6 is 28.1 Å². The van der Waals surface area contributed by atoms with E-state index in [2.05, 4.69) is 31.2 Å². The van der Waals surface area contributed by atoms with Gasteiger partial charge in [-0.3, -0.25) is 0 Å². The second-order valence-corrected chi connectivity index (χ2v) is 6.68. The van der Waals surface area contributed by atoms with Gasteiger partial charge in [-0.05, 0) is 36.5 Å². The van der Waals surface area contributed by atoms with Crippen molar-refractivity contribution in [3.63, 3.8) is 0 Å². The molecule has 0 aliphatic carbocycles. The third-order valence-electron chi connectivity index (χ3n) is 3.76. The van der Waals surface area contributed by atoms with Crippen LogP contribution in [0.2, 0.25) is 0 Å². The Morgan fingerprint density at radius 1 is 1.07 bits per heavy atom. The van der Waals surface area contributed by atoms with Crippen molar-refractivity contribution in [1.82, 2.24) is 14.9 Å². The number of rotatable bonds is 6. The van der Waals surface area contributed by atoms with Crippen molar-refractivity contribution in [3.8, 4) is 28.6 Å². The van der Waals surface area contributed by atoms with Gasteiger partial charge in [-0.15, -0.1) is 0 Å². The van der Waals surface area contributed by atoms with Gasteiger partial charge >= 0.3 is 0 Å². The van der Waals surface area contributed by atoms with Crippen LogP contribution in [0.15, 0.2) is 46.0 Å². The summed E-state index contributed by atoms with van der Waals surface area (Å²) in [4.78, 5) is 0. The zero-order valence-electron chi connectivity index (χ0n) is 14.9. The number of aromatic amines is 1. The lowest BCUT2D eigenvalue weighted by Gasteiger charge is -2.12. The van der Waals surface area contributed by atoms with Crippen LogP contribution < -0.4 is 14.2 Å². The minimum Gasteiger partial charge on any atom is -0.493 e. The number of nitrogens with one attached hydrogen (secondary N) is 1. The molecule has 0 amide bonds. The normalized spacial score (nSPS) is 11.0. The molecule has 0 spiro atoms. The number of methoxy groups -OCH3 is 3. The Morgan fingerprint density at radius 3 is 2.26 bits per heavy atom. The highest BCUT2D eigenvalue weighted by atomic mass is 79.9. The summed E-state index contributed by atoms with van der Waals surface area (Å²) in [5.74, 6) is 2.22. The highest BCUT2D eigenvalue weighted by Crippen LogP contribution is 2.37. The number of ether oxygens (including phenoxy) is 3. The Balaban J connectivity index is 2.01. The van der Waals surface area contributed by atoms with Crippen molar-refractivity contribution in [2.24, 2.45) is 5.10 Å². The summed E-state index contributed by atoms with van der Waals surface area (Å²) in [6.45, 7) is 0. The molecule has 9 heteroatoms. The highest BCUT2D eigenvalue weighted by Gasteiger charge is 2.13. The van der Waals surface area contributed by atoms with Crippen LogP contribution in [-0.4, -0.2) is 42.4 Å². The summed E-state index contributed by atoms with van der Waals surface area (Å²) < 4.78 is 19.0. The first kappa shape index (κ1) is 19.1. The highest BCUT2D eigenvalue weighted by molar-refractivity contribution is 9.10. The molecule has 0 atom stereocenters. The van der Waals surface area contributed by atoms with E-state index in [9.17, 15) is 0 Å². The molecule has 7 nitrogen and oxygen atoms in total. The van der Waals surface area contributed by atoms with Gasteiger partial charge in [-0.25, -0.2) is 5.10 Å². The maximum atomic E-state index is 5.37. The van der Waals surface area contributed by atoms with Gasteiger partial charge in [-0.2, -0.15) is 14.9 Å². The number of halogens is 1. The Labute approximate surface area is 169 Å². The lowest BCUT2D eigenvalue weighted by Crippen LogP contribution is -1.98. The van der Waals surface area contributed by atoms with E-state index in [1.165, 1.54) is 0 Å². The number of hydrogen-bond donors (Lipinski definition) is 1. The first-order chi connectivity index (χ1) is 13.1. The quantitative estimate of drug-likeness (QED) is 0.449. The summed E-state index contributed by atoms with van der Waals surface area (Å²) in [6.07, 6.45) is 1.65. The van der Waals surface area contributed by atoms with Gasteiger partial charge in [0.25, 0.3) is 0 Å². The fourth-order valence-electron chi connectivity index (χ4n) is 2.48. The van der Waals surface area contributed by atoms with Gasteiger partial charge in [0.15, 0.2) is 17.3 Å². The molecule has 27 heavy (non-hydrogen) atoms. The molecule has 140 valence electrons. The van der Waals surface area contributed by atoms with Crippen molar-refractivity contribution < 1.29 is 14.2 Å². The number of aromatic nitrogens is 3. The van der Waals surface area contributed by atoms with Crippen LogP contribution in [0.1, 0.15) is 5.56 Å². The van der Waals surface area contributed by atoms with E-state index in [1.807, 2.05) is 24.3 Å². The van der Waals surface area contributed by atoms with E-state index >= 15 is 0 Å². The zero-order chi connectivity index (χ0) is 19.4. The van der Waals surface area contributed by atoms with Crippen molar-refractivity contribution >= 4 is 34.4 Å². The third-order valence-corrected chi connectivity index (χ3v) is 4.56. The Morgan fingerprint density at radius 2 is 1.70 bits per heavy atom. The molecule has 0 saturated heterocycles. The monoisotopic (exact) mass is 448 g/mol. The Kier molecular flexibility index (Phi) is 5.92. The second kappa shape index (κ2) is 8.36. The van der Waals surface area contributed by atoms with Crippen molar-refractivity contribution in [1.29, 1.82) is 0 Å². The fourth-order valence-corrected chi connectivity index (χ4v) is 2.93. The molecule has 3 rings (SSSR count). The predicted molar refractivity (Wildman–Crippen MR) is 110 cm³/mol. The molecule has 0 unspecified atom stereocenters. The Hall–Kier alpha value is -2.65. The molecule has 0 radical (unpaired) electrons. The summed E-state index contributed by atoms with van der Waals surface area (Å²) in [7, 11) is 4.69. The minimum atomic E-state index is 0.386. The molecule has 0 aliphatic rings. The maximum absolute atomic E-state index is 5.37. The number of H-pyrrole nitrogens is 1. The average Bonchev–Trinajstić information content (AvgIpc) is 3.06. The summed E-state index contributed by atoms with van der Waals surface area (Å²) in [5.41, 5.74) is 1.64. The average molecular weight is 449 g/mol. The van der Waals surface area contributed by atoms with Crippen molar-refractivity contribution in [2.75, 3.05) is 21.3 Å². The van der Waals surface area contributed by atoms with Crippen molar-refractivity contribution in [2.45, 2.75) is 0 Å². The third kappa shape index (κ3) is 4.04. The van der Waals surface area contributed by atoms with Crippen molar-refractivity contribution in [3.05, 3.63) is 51.2 Å². The predicted octanol–water partition coefficient (Wildman–Crippen LogP) is 4.28. The zero-order valence-corrected chi connectivity index (χ0v) is 17.3. The van der Waals surface area contributed by atoms with Gasteiger partial charge < -0.3 is 14.2 Å². The van der Waals surface area contributed by atoms with Crippen LogP contribution in [-0.2, 0) is 0 Å². The topological polar surface area (TPSA) is 73.7 Å². The van der Waals surface area contributed by atoms with E-state index in [0.717, 1.165) is 15.6 Å². The van der Waals surface area contributed by atoms with E-state index in [4.69, 9.17) is 26.4 Å². The second-order valence-electron chi connectivity index (χ2n) is 5.37. The van der Waals surface area contributed by atoms with E-state index in [1.54, 1.807) is 44.4 Å². The molecular weight excluding hydrogens is 432 g/mol. The van der Waals surface area contributed by atoms with E-state index < -0.39 is 0 Å². The summed E-state index contributed by atoms with van der Waals surface area (Å²) in [6, 6.07) is 11.3. The molecule has 1 heterocycles. The molecule has 0 bridgehead atoms. The van der Waals surface area contributed by atoms with Gasteiger partial charge in [0, 0.05) is 15.6 Å². The summed E-state index contributed by atoms with van der Waals surface area (Å²) in [5, 5.41) is 11.5. The molecule has 3 aromatic rings. The van der Waals surface area contributed by atoms with Crippen LogP contribution in [0, 0.1) is 4.77 Å². The number of hydrogen-bond acceptors (Lipinski definition) is 6. The molecular formula is C18H17BrN4O3S. The smallest absolute Gasteiger partial charge is 0.216 e. The van der Waals surface area contributed by atoms with Crippen LogP contribution in [0.25, 0.3) is 11.4 Å². The first-order valence-corrected chi connectivity index (χ1v) is 9.05. The minimum absolute atomic E-state index is 0.386.